The number of nitrogens with zero attached hydrogens (tertiary/aromatic N) is 4. The van der Waals surface area contributed by atoms with Crippen LogP contribution in [0, 0.1) is 0 Å². The molecule has 3 saturated heterocycles. The Kier molecular flexibility index (Phi) is 22.4. The summed E-state index contributed by atoms with van der Waals surface area (Å²) >= 11 is 6.85. The summed E-state index contributed by atoms with van der Waals surface area (Å²) in [7, 11) is 5.83. The molecule has 2 N–H and O–H groups in total. The van der Waals surface area contributed by atoms with E-state index in [-0.39, 0.29) is 88.0 Å². The van der Waals surface area contributed by atoms with Gasteiger partial charge in [-0.05, 0) is 106 Å². The highest BCUT2D eigenvalue weighted by Gasteiger charge is 2.63. The minimum atomic E-state index is -1.93. The van der Waals surface area contributed by atoms with Crippen LogP contribution in [-0.4, -0.2) is 195 Å². The number of amides is 5. The highest BCUT2D eigenvalue weighted by molar-refractivity contribution is 6.35. The summed E-state index contributed by atoms with van der Waals surface area (Å²) in [5, 5.41) is 14.6. The van der Waals surface area contributed by atoms with E-state index in [2.05, 4.69) is 5.32 Å². The van der Waals surface area contributed by atoms with Crippen LogP contribution in [0.1, 0.15) is 126 Å². The second-order valence-electron chi connectivity index (χ2n) is 23.5. The van der Waals surface area contributed by atoms with E-state index in [0.29, 0.717) is 43.8 Å². The number of hydrogen-bond donors (Lipinski definition) is 2. The maximum absolute atomic E-state index is 14.5. The van der Waals surface area contributed by atoms with E-state index in [1.54, 1.807) is 96.5 Å². The van der Waals surface area contributed by atoms with Gasteiger partial charge >= 0.3 is 24.1 Å². The lowest BCUT2D eigenvalue weighted by Gasteiger charge is -2.59. The van der Waals surface area contributed by atoms with Crippen molar-refractivity contribution in [1.29, 1.82) is 0 Å². The summed E-state index contributed by atoms with van der Waals surface area (Å²) in [6.07, 6.45) is 0.943. The largest absolute Gasteiger partial charge is 0.495 e. The molecular formula is C57H86ClN5O17. The third kappa shape index (κ3) is 17.7. The highest BCUT2D eigenvalue weighted by atomic mass is 35.5. The SMILES string of the molecule is COc1cc2cc(c1Cl)N(C)C(=O)C[C@H](OC(=O)[C@H](C)N(C)C(=O)CCC(=O)N(CCOCCOCCC(=O)OC(C)(C)C)C1CCN(C(=O)OC(C)(C)C)CC1)[C@@]1(C)C[C@](C)(O1)[C@@H]1C[C@@](O)(NC(=O)O1)[C@H](OC)/C=C/C=C(\C)C2. The number of carbonyl (C=O) groups excluding carboxylic acids is 7. The first-order valence-electron chi connectivity index (χ1n) is 27.3. The van der Waals surface area contributed by atoms with E-state index in [0.717, 1.165) is 11.1 Å². The number of aliphatic hydroxyl groups is 1. The van der Waals surface area contributed by atoms with Gasteiger partial charge in [-0.15, -0.1) is 0 Å². The van der Waals surface area contributed by atoms with Gasteiger partial charge in [-0.25, -0.2) is 14.4 Å². The topological polar surface area (TPSA) is 248 Å². The minimum absolute atomic E-state index is 0.0823. The summed E-state index contributed by atoms with van der Waals surface area (Å²) in [5.41, 5.74) is -3.85. The van der Waals surface area contributed by atoms with Crippen LogP contribution < -0.4 is 15.0 Å². The van der Waals surface area contributed by atoms with Gasteiger partial charge in [0.2, 0.25) is 17.7 Å². The van der Waals surface area contributed by atoms with E-state index in [9.17, 15) is 38.7 Å². The normalized spacial score (nSPS) is 26.3. The molecule has 0 radical (unpaired) electrons. The zero-order valence-electron chi connectivity index (χ0n) is 49.2. The Bertz CT molecular complexity index is 2440. The maximum Gasteiger partial charge on any atom is 0.410 e. The van der Waals surface area contributed by atoms with Crippen molar-refractivity contribution in [2.24, 2.45) is 0 Å². The van der Waals surface area contributed by atoms with Gasteiger partial charge in [0.15, 0.2) is 5.72 Å². The number of esters is 2. The Morgan fingerprint density at radius 1 is 0.912 bits per heavy atom. The molecule has 5 aliphatic heterocycles. The molecule has 0 unspecified atom stereocenters. The number of hydrogen-bond acceptors (Lipinski definition) is 17. The Balaban J connectivity index is 1.30. The maximum atomic E-state index is 14.5. The van der Waals surface area contributed by atoms with E-state index in [1.807, 2.05) is 13.0 Å². The summed E-state index contributed by atoms with van der Waals surface area (Å²) < 4.78 is 52.1. The molecule has 5 heterocycles. The first-order chi connectivity index (χ1) is 37.3. The molecule has 0 saturated carbocycles. The fraction of sp³-hybridized carbons (Fsp3) is 0.702. The first kappa shape index (κ1) is 65.3. The van der Waals surface area contributed by atoms with Gasteiger partial charge in [-0.2, -0.15) is 0 Å². The van der Waals surface area contributed by atoms with Crippen molar-refractivity contribution in [2.75, 3.05) is 79.3 Å². The van der Waals surface area contributed by atoms with Crippen LogP contribution in [-0.2, 0) is 68.3 Å². The first-order valence-corrected chi connectivity index (χ1v) is 27.7. The predicted octanol–water partition coefficient (Wildman–Crippen LogP) is 6.43. The van der Waals surface area contributed by atoms with E-state index in [4.69, 9.17) is 54.2 Å². The smallest absolute Gasteiger partial charge is 0.410 e. The summed E-state index contributed by atoms with van der Waals surface area (Å²) in [6, 6.07) is 2.04. The molecule has 80 heavy (non-hydrogen) atoms. The Morgan fingerprint density at radius 2 is 1.54 bits per heavy atom. The third-order valence-electron chi connectivity index (χ3n) is 14.6. The van der Waals surface area contributed by atoms with Crippen molar-refractivity contribution in [3.63, 3.8) is 0 Å². The second-order valence-corrected chi connectivity index (χ2v) is 23.9. The van der Waals surface area contributed by atoms with Crippen LogP contribution in [0.3, 0.4) is 0 Å². The Hall–Kier alpha value is -5.52. The number of methoxy groups -OCH3 is 2. The molecule has 5 aliphatic rings. The molecule has 1 aromatic rings. The summed E-state index contributed by atoms with van der Waals surface area (Å²) in [5.74, 6) is -2.28. The number of alkyl carbamates (subject to hydrolysis) is 1. The fourth-order valence-corrected chi connectivity index (χ4v) is 10.6. The molecule has 0 aliphatic carbocycles. The minimum Gasteiger partial charge on any atom is -0.495 e. The zero-order chi connectivity index (χ0) is 59.5. The number of nitrogens with one attached hydrogen (secondary N) is 1. The quantitative estimate of drug-likeness (QED) is 0.0913. The number of fused-ring (bicyclic) bond motifs is 6. The molecule has 7 atom stereocenters. The van der Waals surface area contributed by atoms with Gasteiger partial charge < -0.3 is 67.3 Å². The number of halogens is 1. The van der Waals surface area contributed by atoms with Gasteiger partial charge in [0, 0.05) is 72.6 Å². The van der Waals surface area contributed by atoms with Gasteiger partial charge in [-0.3, -0.25) is 24.5 Å². The molecule has 23 heteroatoms. The molecule has 448 valence electrons. The van der Waals surface area contributed by atoms with Gasteiger partial charge in [0.05, 0.1) is 52.1 Å². The van der Waals surface area contributed by atoms with Crippen LogP contribution in [0.2, 0.25) is 5.02 Å². The van der Waals surface area contributed by atoms with Crippen molar-refractivity contribution in [1.82, 2.24) is 20.0 Å². The molecule has 0 aromatic heterocycles. The van der Waals surface area contributed by atoms with E-state index in [1.165, 1.54) is 38.0 Å². The average Bonchev–Trinajstić information content (AvgIpc) is 3.36. The van der Waals surface area contributed by atoms with Crippen LogP contribution in [0.25, 0.3) is 0 Å². The van der Waals surface area contributed by atoms with Crippen LogP contribution in [0.4, 0.5) is 15.3 Å². The number of carbonyl (C=O) groups is 7. The molecule has 6 bridgehead atoms. The standard InChI is InChI=1S/C57H86ClN5O17/c1-36-16-15-17-42(73-14)57(71)34-44(77-51(69)59-57)56(10)35-55(9,80-56)43(33-47(66)61(12)40-31-38(30-36)32-41(72-13)49(40)58)76-50(68)37(2)60(11)45(64)18-19-46(65)63(39-20-23-62(24-21-39)52(70)79-54(6,7)8)25-27-75-29-28-74-26-22-48(67)78-53(3,4)5/h15-17,31-32,37,39,42-44,71H,18-30,33-35H2,1-14H3,(H,59,69)/b17-15+,36-16+/t37-,42+,43-,44-,55+,56-,57-/m0/s1. The molecule has 3 fully saturated rings. The van der Waals surface area contributed by atoms with Gasteiger partial charge in [-0.1, -0.05) is 35.4 Å². The predicted molar refractivity (Wildman–Crippen MR) is 295 cm³/mol. The van der Waals surface area contributed by atoms with Gasteiger partial charge in [0.25, 0.3) is 0 Å². The number of piperidine rings is 1. The number of likely N-dealkylation sites (tertiary alicyclic amines) is 1. The van der Waals surface area contributed by atoms with Crippen LogP contribution >= 0.6 is 11.6 Å². The molecule has 6 rings (SSSR count). The zero-order valence-corrected chi connectivity index (χ0v) is 50.0. The monoisotopic (exact) mass is 1150 g/mol. The molecule has 5 amide bonds. The summed E-state index contributed by atoms with van der Waals surface area (Å²) in [4.78, 5) is 101. The van der Waals surface area contributed by atoms with E-state index >= 15 is 0 Å². The van der Waals surface area contributed by atoms with Crippen molar-refractivity contribution < 1.29 is 81.3 Å². The molecule has 0 spiro atoms. The molecule has 1 aromatic carbocycles. The Labute approximate surface area is 475 Å². The number of likely N-dealkylation sites (N-methyl/N-ethyl adjacent to an activating group) is 1. The van der Waals surface area contributed by atoms with Crippen LogP contribution in [0.15, 0.2) is 35.9 Å². The lowest BCUT2D eigenvalue weighted by molar-refractivity contribution is -0.328. The number of anilines is 1. The Morgan fingerprint density at radius 3 is 2.15 bits per heavy atom. The number of allylic oxidation sites excluding steroid dienone is 3. The van der Waals surface area contributed by atoms with Gasteiger partial charge in [0.1, 0.15) is 57.5 Å². The third-order valence-corrected chi connectivity index (χ3v) is 15.0. The number of benzene rings is 1. The second kappa shape index (κ2) is 27.5. The highest BCUT2D eigenvalue weighted by Crippen LogP contribution is 2.50. The number of rotatable bonds is 18. The lowest BCUT2D eigenvalue weighted by Crippen LogP contribution is -2.72. The van der Waals surface area contributed by atoms with Crippen molar-refractivity contribution >= 4 is 59.1 Å². The number of ether oxygens (including phenoxy) is 9. The lowest BCUT2D eigenvalue weighted by atomic mass is 9.72. The van der Waals surface area contributed by atoms with Crippen molar-refractivity contribution in [3.05, 3.63) is 46.5 Å². The summed E-state index contributed by atoms with van der Waals surface area (Å²) in [6.45, 7) is 19.0. The fourth-order valence-electron chi connectivity index (χ4n) is 10.3. The van der Waals surface area contributed by atoms with Crippen molar-refractivity contribution in [3.8, 4) is 5.75 Å². The van der Waals surface area contributed by atoms with Crippen LogP contribution in [0.5, 0.6) is 5.75 Å². The molecule has 22 nitrogen and oxygen atoms in total. The van der Waals surface area contributed by atoms with E-state index < -0.39 is 88.9 Å². The van der Waals surface area contributed by atoms with Crippen molar-refractivity contribution in [2.45, 2.75) is 186 Å². The molecular weight excluding hydrogens is 1060 g/mol. The average molecular weight is 1150 g/mol.